The maximum atomic E-state index is 12.5. The smallest absolute Gasteiger partial charge is 0.262 e. The zero-order chi connectivity index (χ0) is 14.1. The van der Waals surface area contributed by atoms with Crippen LogP contribution in [0.1, 0.15) is 20.7 Å². The number of fused-ring (bicyclic) bond motifs is 1. The van der Waals surface area contributed by atoms with Crippen molar-refractivity contribution in [2.75, 3.05) is 0 Å². The molecule has 3 rings (SSSR count). The van der Waals surface area contributed by atoms with Crippen molar-refractivity contribution in [3.63, 3.8) is 0 Å². The van der Waals surface area contributed by atoms with Gasteiger partial charge in [0.15, 0.2) is 6.29 Å². The summed E-state index contributed by atoms with van der Waals surface area (Å²) in [5.41, 5.74) is 1.74. The molecule has 3 nitrogen and oxygen atoms in total. The molecule has 0 N–H and O–H groups in total. The number of carbonyl (C=O) groups is 2. The normalized spacial score (nSPS) is 10.7. The van der Waals surface area contributed by atoms with E-state index in [0.717, 1.165) is 17.2 Å². The number of hydrogen-bond acceptors (Lipinski definition) is 2. The number of halogens is 1. The largest absolute Gasteiger partial charge is 0.298 e. The van der Waals surface area contributed by atoms with Crippen LogP contribution in [0.4, 0.5) is 0 Å². The van der Waals surface area contributed by atoms with E-state index in [-0.39, 0.29) is 5.91 Å². The number of benzene rings is 2. The molecule has 2 aromatic carbocycles. The average Bonchev–Trinajstić information content (AvgIpc) is 2.86. The Balaban J connectivity index is 2.17. The molecule has 4 heteroatoms. The van der Waals surface area contributed by atoms with E-state index in [1.807, 2.05) is 24.3 Å². The van der Waals surface area contributed by atoms with Crippen LogP contribution in [0, 0.1) is 0 Å². The highest BCUT2D eigenvalue weighted by Gasteiger charge is 2.14. The molecule has 0 fully saturated rings. The first-order valence-corrected chi connectivity index (χ1v) is 6.44. The molecule has 1 heterocycles. The molecule has 0 radical (unpaired) electrons. The van der Waals surface area contributed by atoms with E-state index < -0.39 is 0 Å². The van der Waals surface area contributed by atoms with Gasteiger partial charge in [0.1, 0.15) is 0 Å². The molecule has 98 valence electrons. The van der Waals surface area contributed by atoms with Crippen molar-refractivity contribution >= 4 is 34.7 Å². The standard InChI is InChI=1S/C16H10ClNO2/c17-13-7-5-11(6-8-13)16(20)18-9-12(10-19)14-3-1-2-4-15(14)18/h1-10H. The van der Waals surface area contributed by atoms with Crippen LogP contribution >= 0.6 is 11.6 Å². The maximum absolute atomic E-state index is 12.5. The van der Waals surface area contributed by atoms with Gasteiger partial charge in [-0.3, -0.25) is 14.2 Å². The first-order valence-electron chi connectivity index (χ1n) is 6.06. The Morgan fingerprint density at radius 3 is 2.45 bits per heavy atom. The molecule has 3 aromatic rings. The monoisotopic (exact) mass is 283 g/mol. The molecular weight excluding hydrogens is 274 g/mol. The zero-order valence-corrected chi connectivity index (χ0v) is 11.2. The van der Waals surface area contributed by atoms with E-state index in [4.69, 9.17) is 11.6 Å². The lowest BCUT2D eigenvalue weighted by Crippen LogP contribution is -2.10. The van der Waals surface area contributed by atoms with Crippen LogP contribution in [-0.2, 0) is 0 Å². The fourth-order valence-electron chi connectivity index (χ4n) is 2.20. The van der Waals surface area contributed by atoms with Crippen LogP contribution in [0.2, 0.25) is 5.02 Å². The van der Waals surface area contributed by atoms with Gasteiger partial charge >= 0.3 is 0 Å². The van der Waals surface area contributed by atoms with Gasteiger partial charge in [-0.1, -0.05) is 29.8 Å². The second-order valence-corrected chi connectivity index (χ2v) is 4.84. The molecule has 0 saturated heterocycles. The van der Waals surface area contributed by atoms with E-state index in [1.54, 1.807) is 30.5 Å². The van der Waals surface area contributed by atoms with Crippen molar-refractivity contribution in [3.8, 4) is 0 Å². The third kappa shape index (κ3) is 2.02. The summed E-state index contributed by atoms with van der Waals surface area (Å²) in [7, 11) is 0. The second-order valence-electron chi connectivity index (χ2n) is 4.40. The second kappa shape index (κ2) is 4.94. The van der Waals surface area contributed by atoms with E-state index in [0.29, 0.717) is 16.1 Å². The molecule has 0 bridgehead atoms. The Hall–Kier alpha value is -2.39. The lowest BCUT2D eigenvalue weighted by Gasteiger charge is -2.04. The summed E-state index contributed by atoms with van der Waals surface area (Å²) in [5, 5.41) is 1.34. The topological polar surface area (TPSA) is 39.1 Å². The van der Waals surface area contributed by atoms with Crippen molar-refractivity contribution in [2.45, 2.75) is 0 Å². The first kappa shape index (κ1) is 12.6. The summed E-state index contributed by atoms with van der Waals surface area (Å²) in [4.78, 5) is 23.6. The van der Waals surface area contributed by atoms with E-state index in [9.17, 15) is 9.59 Å². The third-order valence-corrected chi connectivity index (χ3v) is 3.43. The molecule has 0 atom stereocenters. The summed E-state index contributed by atoms with van der Waals surface area (Å²) in [6.07, 6.45) is 2.32. The van der Waals surface area contributed by atoms with Crippen molar-refractivity contribution in [2.24, 2.45) is 0 Å². The fraction of sp³-hybridized carbons (Fsp3) is 0. The van der Waals surface area contributed by atoms with E-state index >= 15 is 0 Å². The van der Waals surface area contributed by atoms with Crippen LogP contribution in [0.5, 0.6) is 0 Å². The first-order chi connectivity index (χ1) is 9.70. The molecule has 0 aliphatic rings. The van der Waals surface area contributed by atoms with E-state index in [1.165, 1.54) is 4.57 Å². The van der Waals surface area contributed by atoms with Gasteiger partial charge in [0, 0.05) is 27.7 Å². The number of carbonyl (C=O) groups excluding carboxylic acids is 2. The van der Waals surface area contributed by atoms with Crippen LogP contribution < -0.4 is 0 Å². The quantitative estimate of drug-likeness (QED) is 0.671. The van der Waals surface area contributed by atoms with Crippen molar-refractivity contribution in [1.29, 1.82) is 0 Å². The van der Waals surface area contributed by atoms with Gasteiger partial charge in [-0.15, -0.1) is 0 Å². The highest BCUT2D eigenvalue weighted by molar-refractivity contribution is 6.30. The van der Waals surface area contributed by atoms with Gasteiger partial charge in [-0.05, 0) is 30.3 Å². The Morgan fingerprint density at radius 2 is 1.75 bits per heavy atom. The lowest BCUT2D eigenvalue weighted by molar-refractivity contribution is 0.0965. The van der Waals surface area contributed by atoms with Crippen LogP contribution in [0.15, 0.2) is 54.7 Å². The number of rotatable bonds is 2. The Bertz CT molecular complexity index is 803. The summed E-state index contributed by atoms with van der Waals surface area (Å²) in [6.45, 7) is 0. The lowest BCUT2D eigenvalue weighted by atomic mass is 10.2. The third-order valence-electron chi connectivity index (χ3n) is 3.18. The SMILES string of the molecule is O=Cc1cn(C(=O)c2ccc(Cl)cc2)c2ccccc12. The molecule has 0 aliphatic heterocycles. The van der Waals surface area contributed by atoms with Gasteiger partial charge in [-0.25, -0.2) is 0 Å². The highest BCUT2D eigenvalue weighted by Crippen LogP contribution is 2.21. The summed E-state index contributed by atoms with van der Waals surface area (Å²) < 4.78 is 1.49. The summed E-state index contributed by atoms with van der Waals surface area (Å²) in [6, 6.07) is 14.0. The fourth-order valence-corrected chi connectivity index (χ4v) is 2.33. The molecule has 0 spiro atoms. The van der Waals surface area contributed by atoms with Crippen LogP contribution in [0.25, 0.3) is 10.9 Å². The Kier molecular flexibility index (Phi) is 3.12. The van der Waals surface area contributed by atoms with Crippen molar-refractivity contribution in [1.82, 2.24) is 4.57 Å². The molecule has 0 saturated carbocycles. The van der Waals surface area contributed by atoms with Crippen LogP contribution in [0.3, 0.4) is 0 Å². The maximum Gasteiger partial charge on any atom is 0.262 e. The summed E-state index contributed by atoms with van der Waals surface area (Å²) in [5.74, 6) is -0.189. The molecule has 20 heavy (non-hydrogen) atoms. The predicted molar refractivity (Wildman–Crippen MR) is 78.5 cm³/mol. The number of para-hydroxylation sites is 1. The minimum absolute atomic E-state index is 0.189. The van der Waals surface area contributed by atoms with E-state index in [2.05, 4.69) is 0 Å². The number of aldehydes is 1. The van der Waals surface area contributed by atoms with Gasteiger partial charge in [-0.2, -0.15) is 0 Å². The van der Waals surface area contributed by atoms with Gasteiger partial charge in [0.25, 0.3) is 5.91 Å². The predicted octanol–water partition coefficient (Wildman–Crippen LogP) is 3.80. The Morgan fingerprint density at radius 1 is 1.05 bits per heavy atom. The summed E-state index contributed by atoms with van der Waals surface area (Å²) >= 11 is 5.82. The molecule has 0 aliphatic carbocycles. The van der Waals surface area contributed by atoms with Gasteiger partial charge in [0.05, 0.1) is 5.52 Å². The van der Waals surface area contributed by atoms with Gasteiger partial charge < -0.3 is 0 Å². The average molecular weight is 284 g/mol. The highest BCUT2D eigenvalue weighted by atomic mass is 35.5. The Labute approximate surface area is 120 Å². The zero-order valence-electron chi connectivity index (χ0n) is 10.4. The molecular formula is C16H10ClNO2. The number of aromatic nitrogens is 1. The van der Waals surface area contributed by atoms with Crippen molar-refractivity contribution in [3.05, 3.63) is 70.9 Å². The minimum Gasteiger partial charge on any atom is -0.298 e. The minimum atomic E-state index is -0.189. The van der Waals surface area contributed by atoms with Crippen LogP contribution in [-0.4, -0.2) is 16.8 Å². The molecule has 1 aromatic heterocycles. The van der Waals surface area contributed by atoms with Crippen molar-refractivity contribution < 1.29 is 9.59 Å². The number of hydrogen-bond donors (Lipinski definition) is 0. The molecule has 0 amide bonds. The molecule has 0 unspecified atom stereocenters. The van der Waals surface area contributed by atoms with Gasteiger partial charge in [0.2, 0.25) is 0 Å². The number of nitrogens with zero attached hydrogens (tertiary/aromatic N) is 1.